The van der Waals surface area contributed by atoms with E-state index in [1.807, 2.05) is 18.2 Å². The van der Waals surface area contributed by atoms with Gasteiger partial charge in [-0.1, -0.05) is 37.3 Å². The van der Waals surface area contributed by atoms with E-state index in [1.165, 1.54) is 10.4 Å². The Hall–Kier alpha value is -2.34. The Labute approximate surface area is 125 Å². The zero-order valence-corrected chi connectivity index (χ0v) is 12.3. The van der Waals surface area contributed by atoms with Crippen LogP contribution in [0.4, 0.5) is 0 Å². The summed E-state index contributed by atoms with van der Waals surface area (Å²) >= 11 is 1.72. The Kier molecular flexibility index (Phi) is 2.89. The van der Waals surface area contributed by atoms with Gasteiger partial charge in [-0.2, -0.15) is 4.52 Å². The molecule has 0 saturated heterocycles. The molecule has 0 aliphatic rings. The second kappa shape index (κ2) is 4.89. The van der Waals surface area contributed by atoms with Crippen LogP contribution in [-0.2, 0) is 12.8 Å². The summed E-state index contributed by atoms with van der Waals surface area (Å²) in [5.74, 6) is 0.873. The minimum Gasteiger partial charge on any atom is -0.221 e. The molecule has 0 aliphatic heterocycles. The van der Waals surface area contributed by atoms with Crippen LogP contribution in [0.3, 0.4) is 0 Å². The van der Waals surface area contributed by atoms with E-state index in [2.05, 4.69) is 40.6 Å². The first-order valence-electron chi connectivity index (χ1n) is 6.88. The minimum atomic E-state index is 0.720. The fourth-order valence-corrected chi connectivity index (χ4v) is 3.42. The quantitative estimate of drug-likeness (QED) is 0.583. The van der Waals surface area contributed by atoms with Crippen molar-refractivity contribution in [2.45, 2.75) is 19.8 Å². The molecule has 0 amide bonds. The number of tetrazole rings is 1. The highest BCUT2D eigenvalue weighted by atomic mass is 32.1. The largest absolute Gasteiger partial charge is 0.221 e. The van der Waals surface area contributed by atoms with Crippen molar-refractivity contribution in [3.05, 3.63) is 52.7 Å². The number of hydrogen-bond donors (Lipinski definition) is 0. The first-order chi connectivity index (χ1) is 10.3. The van der Waals surface area contributed by atoms with Crippen LogP contribution < -0.4 is 0 Å². The standard InChI is InChI=1S/C15H13N5S/c1-2-11-9-12-14-17-18-19-20(14)13(16-15(12)21-11)8-10-6-4-3-5-7-10/h3-7,9H,2,8H2,1H3. The molecule has 3 aromatic heterocycles. The van der Waals surface area contributed by atoms with Crippen molar-refractivity contribution in [3.8, 4) is 0 Å². The van der Waals surface area contributed by atoms with Crippen molar-refractivity contribution in [3.63, 3.8) is 0 Å². The third kappa shape index (κ3) is 2.08. The lowest BCUT2D eigenvalue weighted by Crippen LogP contribution is -2.03. The molecule has 0 bridgehead atoms. The van der Waals surface area contributed by atoms with E-state index in [4.69, 9.17) is 4.98 Å². The van der Waals surface area contributed by atoms with Gasteiger partial charge in [0.05, 0.1) is 5.39 Å². The number of nitrogens with zero attached hydrogens (tertiary/aromatic N) is 5. The van der Waals surface area contributed by atoms with E-state index in [-0.39, 0.29) is 0 Å². The second-order valence-corrected chi connectivity index (χ2v) is 6.00. The molecule has 0 saturated carbocycles. The van der Waals surface area contributed by atoms with E-state index < -0.39 is 0 Å². The van der Waals surface area contributed by atoms with Gasteiger partial charge in [-0.05, 0) is 28.5 Å². The van der Waals surface area contributed by atoms with E-state index in [0.717, 1.165) is 34.5 Å². The van der Waals surface area contributed by atoms with Gasteiger partial charge in [-0.15, -0.1) is 16.4 Å². The molecular formula is C15H13N5S. The molecule has 6 heteroatoms. The van der Waals surface area contributed by atoms with E-state index >= 15 is 0 Å². The topological polar surface area (TPSA) is 56.0 Å². The maximum Gasteiger partial charge on any atom is 0.191 e. The van der Waals surface area contributed by atoms with Crippen molar-refractivity contribution in [1.82, 2.24) is 25.0 Å². The first kappa shape index (κ1) is 12.4. The summed E-state index contributed by atoms with van der Waals surface area (Å²) in [5, 5.41) is 13.1. The molecule has 0 unspecified atom stereocenters. The summed E-state index contributed by atoms with van der Waals surface area (Å²) in [5.41, 5.74) is 2.00. The predicted octanol–water partition coefficient (Wildman–Crippen LogP) is 2.89. The monoisotopic (exact) mass is 295 g/mol. The third-order valence-corrected chi connectivity index (χ3v) is 4.68. The van der Waals surface area contributed by atoms with Crippen molar-refractivity contribution in [1.29, 1.82) is 0 Å². The maximum absolute atomic E-state index is 4.78. The first-order valence-corrected chi connectivity index (χ1v) is 7.70. The number of aryl methyl sites for hydroxylation is 1. The number of rotatable bonds is 3. The molecule has 104 valence electrons. The molecule has 0 fully saturated rings. The Morgan fingerprint density at radius 1 is 1.19 bits per heavy atom. The Morgan fingerprint density at radius 3 is 2.86 bits per heavy atom. The molecule has 0 N–H and O–H groups in total. The summed E-state index contributed by atoms with van der Waals surface area (Å²) in [4.78, 5) is 7.10. The Balaban J connectivity index is 1.92. The lowest BCUT2D eigenvalue weighted by Gasteiger charge is -2.03. The normalized spacial score (nSPS) is 11.5. The number of aromatic nitrogens is 5. The smallest absolute Gasteiger partial charge is 0.191 e. The molecule has 1 aromatic carbocycles. The summed E-state index contributed by atoms with van der Waals surface area (Å²) in [6.45, 7) is 2.15. The molecule has 4 aromatic rings. The van der Waals surface area contributed by atoms with Gasteiger partial charge in [0.15, 0.2) is 5.65 Å². The van der Waals surface area contributed by atoms with Crippen molar-refractivity contribution in [2.75, 3.05) is 0 Å². The molecule has 0 spiro atoms. The van der Waals surface area contributed by atoms with Crippen LogP contribution in [0.1, 0.15) is 23.2 Å². The van der Waals surface area contributed by atoms with Gasteiger partial charge in [-0.25, -0.2) is 4.98 Å². The van der Waals surface area contributed by atoms with Gasteiger partial charge >= 0.3 is 0 Å². The summed E-state index contributed by atoms with van der Waals surface area (Å²) in [6, 6.07) is 12.4. The van der Waals surface area contributed by atoms with Gasteiger partial charge in [0.2, 0.25) is 0 Å². The lowest BCUT2D eigenvalue weighted by atomic mass is 10.1. The van der Waals surface area contributed by atoms with Crippen LogP contribution in [0.2, 0.25) is 0 Å². The summed E-state index contributed by atoms with van der Waals surface area (Å²) in [6.07, 6.45) is 1.72. The highest BCUT2D eigenvalue weighted by Gasteiger charge is 2.14. The minimum absolute atomic E-state index is 0.720. The Morgan fingerprint density at radius 2 is 2.05 bits per heavy atom. The number of hydrogen-bond acceptors (Lipinski definition) is 5. The number of benzene rings is 1. The Bertz CT molecular complexity index is 910. The van der Waals surface area contributed by atoms with Crippen molar-refractivity contribution >= 4 is 27.2 Å². The third-order valence-electron chi connectivity index (χ3n) is 3.50. The molecule has 0 atom stereocenters. The average molecular weight is 295 g/mol. The zero-order valence-electron chi connectivity index (χ0n) is 11.5. The molecule has 5 nitrogen and oxygen atoms in total. The number of thiophene rings is 1. The molecule has 0 aliphatic carbocycles. The van der Waals surface area contributed by atoms with Crippen LogP contribution in [0, 0.1) is 0 Å². The van der Waals surface area contributed by atoms with Crippen molar-refractivity contribution < 1.29 is 0 Å². The van der Waals surface area contributed by atoms with Gasteiger partial charge in [-0.3, -0.25) is 0 Å². The highest BCUT2D eigenvalue weighted by Crippen LogP contribution is 2.27. The van der Waals surface area contributed by atoms with Crippen LogP contribution >= 0.6 is 11.3 Å². The fraction of sp³-hybridized carbons (Fsp3) is 0.200. The maximum atomic E-state index is 4.78. The van der Waals surface area contributed by atoms with Crippen LogP contribution in [0.15, 0.2) is 36.4 Å². The van der Waals surface area contributed by atoms with Gasteiger partial charge in [0, 0.05) is 11.3 Å². The molecule has 21 heavy (non-hydrogen) atoms. The van der Waals surface area contributed by atoms with Crippen LogP contribution in [-0.4, -0.2) is 25.0 Å². The highest BCUT2D eigenvalue weighted by molar-refractivity contribution is 7.18. The fourth-order valence-electron chi connectivity index (χ4n) is 2.44. The second-order valence-electron chi connectivity index (χ2n) is 4.89. The average Bonchev–Trinajstić information content (AvgIpc) is 3.14. The predicted molar refractivity (Wildman–Crippen MR) is 82.6 cm³/mol. The molecule has 0 radical (unpaired) electrons. The van der Waals surface area contributed by atoms with Crippen molar-refractivity contribution in [2.24, 2.45) is 0 Å². The summed E-state index contributed by atoms with van der Waals surface area (Å²) in [7, 11) is 0. The summed E-state index contributed by atoms with van der Waals surface area (Å²) < 4.78 is 1.75. The van der Waals surface area contributed by atoms with Crippen LogP contribution in [0.25, 0.3) is 15.9 Å². The molecular weight excluding hydrogens is 282 g/mol. The van der Waals surface area contributed by atoms with Gasteiger partial charge in [0.1, 0.15) is 10.7 Å². The zero-order chi connectivity index (χ0) is 14.2. The number of fused-ring (bicyclic) bond motifs is 3. The molecule has 4 rings (SSSR count). The van der Waals surface area contributed by atoms with E-state index in [9.17, 15) is 0 Å². The van der Waals surface area contributed by atoms with Gasteiger partial charge in [0.25, 0.3) is 0 Å². The lowest BCUT2D eigenvalue weighted by molar-refractivity contribution is 0.768. The van der Waals surface area contributed by atoms with E-state index in [1.54, 1.807) is 15.9 Å². The SMILES string of the molecule is CCc1cc2c(nc(Cc3ccccc3)n3nnnc23)s1. The van der Waals surface area contributed by atoms with Crippen LogP contribution in [0.5, 0.6) is 0 Å². The molecule has 3 heterocycles. The van der Waals surface area contributed by atoms with Gasteiger partial charge < -0.3 is 0 Å². The van der Waals surface area contributed by atoms with E-state index in [0.29, 0.717) is 0 Å².